The molecule has 0 saturated carbocycles. The number of ether oxygens (including phenoxy) is 1. The molecule has 1 unspecified atom stereocenters. The lowest BCUT2D eigenvalue weighted by Gasteiger charge is -2.25. The average Bonchev–Trinajstić information content (AvgIpc) is 3.05. The minimum absolute atomic E-state index is 0.0612. The van der Waals surface area contributed by atoms with Crippen LogP contribution in [0.4, 0.5) is 0 Å². The van der Waals surface area contributed by atoms with Gasteiger partial charge in [-0.15, -0.1) is 0 Å². The summed E-state index contributed by atoms with van der Waals surface area (Å²) < 4.78 is 5.20. The molecule has 4 rings (SSSR count). The predicted molar refractivity (Wildman–Crippen MR) is 118 cm³/mol. The maximum Gasteiger partial charge on any atom is 0.295 e. The minimum atomic E-state index is -0.902. The summed E-state index contributed by atoms with van der Waals surface area (Å²) in [5, 5.41) is 21.5. The maximum atomic E-state index is 13.1. The van der Waals surface area contributed by atoms with Gasteiger partial charge in [0.25, 0.3) is 11.7 Å². The summed E-state index contributed by atoms with van der Waals surface area (Å²) in [5.41, 5.74) is 1.51. The summed E-state index contributed by atoms with van der Waals surface area (Å²) in [6.45, 7) is 0.101. The van der Waals surface area contributed by atoms with Crippen LogP contribution in [0.2, 0.25) is 5.02 Å². The van der Waals surface area contributed by atoms with Gasteiger partial charge < -0.3 is 19.8 Å². The molecule has 162 valence electrons. The van der Waals surface area contributed by atoms with Crippen LogP contribution in [-0.2, 0) is 16.1 Å². The number of benzene rings is 2. The molecule has 32 heavy (non-hydrogen) atoms. The number of aromatic nitrogens is 1. The molecule has 1 fully saturated rings. The normalized spacial score (nSPS) is 17.6. The fourth-order valence-electron chi connectivity index (χ4n) is 3.71. The molecular weight excluding hydrogens is 432 g/mol. The Morgan fingerprint density at radius 2 is 1.91 bits per heavy atom. The van der Waals surface area contributed by atoms with Crippen LogP contribution < -0.4 is 4.74 Å². The second-order valence-electron chi connectivity index (χ2n) is 7.23. The Morgan fingerprint density at radius 1 is 1.16 bits per heavy atom. The fraction of sp³-hybridized carbons (Fsp3) is 0.125. The fourth-order valence-corrected chi connectivity index (χ4v) is 3.83. The van der Waals surface area contributed by atoms with Gasteiger partial charge in [0.2, 0.25) is 0 Å². The molecule has 1 amide bonds. The van der Waals surface area contributed by atoms with E-state index in [0.717, 1.165) is 5.56 Å². The number of phenols is 1. The lowest BCUT2D eigenvalue weighted by Crippen LogP contribution is -2.29. The Kier molecular flexibility index (Phi) is 5.83. The number of halogens is 1. The quantitative estimate of drug-likeness (QED) is 0.345. The summed E-state index contributed by atoms with van der Waals surface area (Å²) in [6, 6.07) is 13.5. The predicted octanol–water partition coefficient (Wildman–Crippen LogP) is 4.07. The Labute approximate surface area is 189 Å². The molecule has 2 N–H and O–H groups in total. The molecule has 1 saturated heterocycles. The molecule has 1 aliphatic heterocycles. The number of methoxy groups -OCH3 is 1. The van der Waals surface area contributed by atoms with Crippen molar-refractivity contribution in [3.63, 3.8) is 0 Å². The number of pyridine rings is 1. The number of ketones is 1. The van der Waals surface area contributed by atoms with Crippen LogP contribution in [0, 0.1) is 0 Å². The second kappa shape index (κ2) is 8.72. The average molecular weight is 451 g/mol. The molecule has 1 atom stereocenters. The van der Waals surface area contributed by atoms with Crippen LogP contribution in [0.5, 0.6) is 11.5 Å². The second-order valence-corrected chi connectivity index (χ2v) is 7.66. The van der Waals surface area contributed by atoms with Crippen molar-refractivity contribution in [1.29, 1.82) is 0 Å². The molecular formula is C24H19ClN2O5. The number of carbonyl (C=O) groups is 2. The summed E-state index contributed by atoms with van der Waals surface area (Å²) >= 11 is 5.94. The van der Waals surface area contributed by atoms with Crippen LogP contribution >= 0.6 is 11.6 Å². The molecule has 0 bridgehead atoms. The van der Waals surface area contributed by atoms with Crippen molar-refractivity contribution >= 4 is 29.1 Å². The molecule has 0 radical (unpaired) electrons. The number of nitrogens with zero attached hydrogens (tertiary/aromatic N) is 2. The lowest BCUT2D eigenvalue weighted by atomic mass is 9.95. The summed E-state index contributed by atoms with van der Waals surface area (Å²) in [7, 11) is 1.40. The highest BCUT2D eigenvalue weighted by Gasteiger charge is 2.46. The van der Waals surface area contributed by atoms with Gasteiger partial charge in [0.05, 0.1) is 18.7 Å². The van der Waals surface area contributed by atoms with Gasteiger partial charge in [0, 0.05) is 29.5 Å². The smallest absolute Gasteiger partial charge is 0.295 e. The third-order valence-electron chi connectivity index (χ3n) is 5.25. The van der Waals surface area contributed by atoms with E-state index in [2.05, 4.69) is 4.98 Å². The van der Waals surface area contributed by atoms with Gasteiger partial charge in [-0.2, -0.15) is 0 Å². The number of aliphatic hydroxyl groups excluding tert-OH is 1. The van der Waals surface area contributed by atoms with Gasteiger partial charge in [-0.3, -0.25) is 14.6 Å². The first-order chi connectivity index (χ1) is 15.4. The number of hydrogen-bond acceptors (Lipinski definition) is 6. The number of phenolic OH excluding ortho intramolecular Hbond substituents is 1. The largest absolute Gasteiger partial charge is 0.507 e. The Balaban J connectivity index is 1.89. The number of aliphatic hydroxyl groups is 1. The standard InChI is InChI=1S/C24H19ClN2O5/c1-32-19-11-16(6-9-18(19)28)21-20(22(29)15-4-7-17(25)8-5-15)23(30)24(31)27(21)13-14-3-2-10-26-12-14/h2-12,21,28-29H,13H2,1H3/b22-20-. The molecule has 2 aromatic carbocycles. The first-order valence-electron chi connectivity index (χ1n) is 9.71. The van der Waals surface area contributed by atoms with E-state index in [1.54, 1.807) is 54.9 Å². The molecule has 2 heterocycles. The highest BCUT2D eigenvalue weighted by atomic mass is 35.5. The summed E-state index contributed by atoms with van der Waals surface area (Å²) in [5.74, 6) is -1.77. The zero-order valence-corrected chi connectivity index (χ0v) is 17.8. The number of carbonyl (C=O) groups excluding carboxylic acids is 2. The van der Waals surface area contributed by atoms with Gasteiger partial charge >= 0.3 is 0 Å². The van der Waals surface area contributed by atoms with Crippen molar-refractivity contribution in [2.45, 2.75) is 12.6 Å². The number of aromatic hydroxyl groups is 1. The van der Waals surface area contributed by atoms with E-state index >= 15 is 0 Å². The highest BCUT2D eigenvalue weighted by molar-refractivity contribution is 6.46. The van der Waals surface area contributed by atoms with Crippen LogP contribution in [0.1, 0.15) is 22.7 Å². The van der Waals surface area contributed by atoms with Crippen LogP contribution in [0.3, 0.4) is 0 Å². The molecule has 7 nitrogen and oxygen atoms in total. The molecule has 0 aliphatic carbocycles. The van der Waals surface area contributed by atoms with E-state index in [9.17, 15) is 19.8 Å². The topological polar surface area (TPSA) is 100.0 Å². The third kappa shape index (κ3) is 3.90. The first-order valence-corrected chi connectivity index (χ1v) is 10.1. The molecule has 1 aliphatic rings. The SMILES string of the molecule is COc1cc(C2/C(=C(/O)c3ccc(Cl)cc3)C(=O)C(=O)N2Cc2cccnc2)ccc1O. The van der Waals surface area contributed by atoms with Crippen LogP contribution in [0.15, 0.2) is 72.6 Å². The van der Waals surface area contributed by atoms with E-state index in [0.29, 0.717) is 16.1 Å². The third-order valence-corrected chi connectivity index (χ3v) is 5.50. The van der Waals surface area contributed by atoms with E-state index in [1.807, 2.05) is 0 Å². The minimum Gasteiger partial charge on any atom is -0.507 e. The van der Waals surface area contributed by atoms with Crippen molar-refractivity contribution in [3.05, 3.63) is 94.3 Å². The van der Waals surface area contributed by atoms with E-state index < -0.39 is 17.7 Å². The van der Waals surface area contributed by atoms with Crippen molar-refractivity contribution in [3.8, 4) is 11.5 Å². The molecule has 0 spiro atoms. The van der Waals surface area contributed by atoms with E-state index in [-0.39, 0.29) is 29.4 Å². The van der Waals surface area contributed by atoms with Gasteiger partial charge in [-0.1, -0.05) is 23.7 Å². The first kappa shape index (κ1) is 21.4. The van der Waals surface area contributed by atoms with Crippen LogP contribution in [-0.4, -0.2) is 38.9 Å². The zero-order chi connectivity index (χ0) is 22.8. The van der Waals surface area contributed by atoms with Crippen molar-refractivity contribution < 1.29 is 24.5 Å². The van der Waals surface area contributed by atoms with Crippen LogP contribution in [0.25, 0.3) is 5.76 Å². The van der Waals surface area contributed by atoms with Gasteiger partial charge in [0.15, 0.2) is 11.5 Å². The Morgan fingerprint density at radius 3 is 2.56 bits per heavy atom. The zero-order valence-electron chi connectivity index (χ0n) is 17.0. The molecule has 1 aromatic heterocycles. The molecule has 8 heteroatoms. The highest BCUT2D eigenvalue weighted by Crippen LogP contribution is 2.42. The van der Waals surface area contributed by atoms with Gasteiger partial charge in [0.1, 0.15) is 5.76 Å². The Hall–Kier alpha value is -3.84. The van der Waals surface area contributed by atoms with Gasteiger partial charge in [-0.25, -0.2) is 0 Å². The monoisotopic (exact) mass is 450 g/mol. The van der Waals surface area contributed by atoms with Crippen molar-refractivity contribution in [2.75, 3.05) is 7.11 Å². The van der Waals surface area contributed by atoms with Crippen molar-refractivity contribution in [1.82, 2.24) is 9.88 Å². The summed E-state index contributed by atoms with van der Waals surface area (Å²) in [6.07, 6.45) is 3.22. The lowest BCUT2D eigenvalue weighted by molar-refractivity contribution is -0.140. The Bertz CT molecular complexity index is 1210. The number of likely N-dealkylation sites (tertiary alicyclic amines) is 1. The summed E-state index contributed by atoms with van der Waals surface area (Å²) in [4.78, 5) is 31.5. The van der Waals surface area contributed by atoms with Gasteiger partial charge in [-0.05, 0) is 53.6 Å². The number of hydrogen-bond donors (Lipinski definition) is 2. The van der Waals surface area contributed by atoms with Crippen molar-refractivity contribution in [2.24, 2.45) is 0 Å². The number of amides is 1. The van der Waals surface area contributed by atoms with E-state index in [4.69, 9.17) is 16.3 Å². The maximum absolute atomic E-state index is 13.1. The van der Waals surface area contributed by atoms with E-state index in [1.165, 1.54) is 24.1 Å². The molecule has 3 aromatic rings. The number of rotatable bonds is 5. The number of Topliss-reactive ketones (excluding diaryl/α,β-unsaturated/α-hetero) is 1.